The Morgan fingerprint density at radius 3 is 2.52 bits per heavy atom. The van der Waals surface area contributed by atoms with Gasteiger partial charge in [-0.3, -0.25) is 14.6 Å². The smallest absolute Gasteiger partial charge is 0.259 e. The zero-order valence-electron chi connectivity index (χ0n) is 16.1. The molecule has 3 aromatic rings. The summed E-state index contributed by atoms with van der Waals surface area (Å²) in [5, 5.41) is 2.78. The molecule has 1 heterocycles. The van der Waals surface area contributed by atoms with Crippen molar-refractivity contribution in [3.63, 3.8) is 0 Å². The Hall–Kier alpha value is -3.38. The molecule has 0 spiro atoms. The van der Waals surface area contributed by atoms with Crippen molar-refractivity contribution >= 4 is 35.2 Å². The number of ether oxygens (including phenoxy) is 1. The molecule has 3 rings (SSSR count). The maximum atomic E-state index is 13.0. The van der Waals surface area contributed by atoms with Crippen molar-refractivity contribution in [2.45, 2.75) is 4.90 Å². The molecule has 5 nitrogen and oxygen atoms in total. The van der Waals surface area contributed by atoms with Gasteiger partial charge in [0.2, 0.25) is 0 Å². The summed E-state index contributed by atoms with van der Waals surface area (Å²) in [5.41, 5.74) is 1.67. The summed E-state index contributed by atoms with van der Waals surface area (Å²) in [6.07, 6.45) is 6.61. The third-order valence-corrected chi connectivity index (χ3v) is 4.91. The number of nitrogens with zero attached hydrogens (tertiary/aromatic N) is 1. The second-order valence-corrected chi connectivity index (χ2v) is 6.97. The third-order valence-electron chi connectivity index (χ3n) is 4.17. The number of methoxy groups -OCH3 is 1. The third kappa shape index (κ3) is 5.33. The van der Waals surface area contributed by atoms with Gasteiger partial charge in [-0.2, -0.15) is 0 Å². The predicted octanol–water partition coefficient (Wildman–Crippen LogP) is 4.72. The highest BCUT2D eigenvalue weighted by molar-refractivity contribution is 7.98. The molecule has 1 aromatic heterocycles. The maximum Gasteiger partial charge on any atom is 0.259 e. The van der Waals surface area contributed by atoms with E-state index < -0.39 is 11.7 Å². The molecule has 0 bridgehead atoms. The highest BCUT2D eigenvalue weighted by Gasteiger charge is 2.20. The van der Waals surface area contributed by atoms with Gasteiger partial charge in [0.05, 0.1) is 12.7 Å². The number of Topliss-reactive ketones (excluding diaryl/α,β-unsaturated/α-hetero) is 1. The lowest BCUT2D eigenvalue weighted by Crippen LogP contribution is -2.21. The summed E-state index contributed by atoms with van der Waals surface area (Å²) in [5.74, 6) is -0.284. The Morgan fingerprint density at radius 2 is 1.86 bits per heavy atom. The lowest BCUT2D eigenvalue weighted by molar-refractivity contribution is -0.112. The standard InChI is InChI=1S/C23H20N2O3S/c1-28-19-7-3-6-18(14-19)25-23(27)21(22(26)17-5-4-12-24-15-17)13-16-8-10-20(29-2)11-9-16/h3-15H,1-2H3,(H,25,27)/b21-13+. The van der Waals surface area contributed by atoms with Crippen molar-refractivity contribution in [3.8, 4) is 5.75 Å². The molecule has 1 amide bonds. The summed E-state index contributed by atoms with van der Waals surface area (Å²) in [4.78, 5) is 31.1. The minimum absolute atomic E-state index is 0.0257. The van der Waals surface area contributed by atoms with Crippen LogP contribution in [-0.2, 0) is 4.79 Å². The monoisotopic (exact) mass is 404 g/mol. The van der Waals surface area contributed by atoms with E-state index in [2.05, 4.69) is 10.3 Å². The Balaban J connectivity index is 1.95. The van der Waals surface area contributed by atoms with Crippen LogP contribution in [0.15, 0.2) is 83.5 Å². The van der Waals surface area contributed by atoms with Crippen molar-refractivity contribution in [2.24, 2.45) is 0 Å². The number of carbonyl (C=O) groups excluding carboxylic acids is 2. The van der Waals surface area contributed by atoms with Crippen molar-refractivity contribution < 1.29 is 14.3 Å². The Kier molecular flexibility index (Phi) is 6.81. The van der Waals surface area contributed by atoms with Crippen molar-refractivity contribution in [1.82, 2.24) is 4.98 Å². The first-order valence-electron chi connectivity index (χ1n) is 8.86. The first kappa shape index (κ1) is 20.4. The van der Waals surface area contributed by atoms with Crippen molar-refractivity contribution in [3.05, 3.63) is 89.8 Å². The van der Waals surface area contributed by atoms with E-state index in [4.69, 9.17) is 4.74 Å². The predicted molar refractivity (Wildman–Crippen MR) is 116 cm³/mol. The average molecular weight is 404 g/mol. The summed E-state index contributed by atoms with van der Waals surface area (Å²) < 4.78 is 5.19. The topological polar surface area (TPSA) is 68.3 Å². The van der Waals surface area contributed by atoms with Crippen molar-refractivity contribution in [2.75, 3.05) is 18.7 Å². The second kappa shape index (κ2) is 9.71. The van der Waals surface area contributed by atoms with Gasteiger partial charge in [0.25, 0.3) is 5.91 Å². The normalized spacial score (nSPS) is 11.0. The molecule has 0 fully saturated rings. The highest BCUT2D eigenvalue weighted by Crippen LogP contribution is 2.21. The van der Waals surface area contributed by atoms with E-state index in [0.29, 0.717) is 17.0 Å². The number of aromatic nitrogens is 1. The highest BCUT2D eigenvalue weighted by atomic mass is 32.2. The van der Waals surface area contributed by atoms with E-state index in [0.717, 1.165) is 10.5 Å². The zero-order chi connectivity index (χ0) is 20.6. The van der Waals surface area contributed by atoms with Gasteiger partial charge in [0.1, 0.15) is 5.75 Å². The molecule has 0 atom stereocenters. The molecule has 0 radical (unpaired) electrons. The minimum atomic E-state index is -0.499. The molecule has 0 aliphatic rings. The van der Waals surface area contributed by atoms with Gasteiger partial charge in [-0.25, -0.2) is 0 Å². The number of amides is 1. The fourth-order valence-corrected chi connectivity index (χ4v) is 3.06. The number of anilines is 1. The lowest BCUT2D eigenvalue weighted by atomic mass is 10.0. The van der Waals surface area contributed by atoms with E-state index in [9.17, 15) is 9.59 Å². The summed E-state index contributed by atoms with van der Waals surface area (Å²) in [6, 6.07) is 17.9. The fourth-order valence-electron chi connectivity index (χ4n) is 2.65. The van der Waals surface area contributed by atoms with Crippen LogP contribution in [0.25, 0.3) is 6.08 Å². The van der Waals surface area contributed by atoms with Crippen LogP contribution in [0, 0.1) is 0 Å². The van der Waals surface area contributed by atoms with Crippen LogP contribution in [0.2, 0.25) is 0 Å². The van der Waals surface area contributed by atoms with Gasteiger partial charge in [-0.05, 0) is 54.3 Å². The number of nitrogens with one attached hydrogen (secondary N) is 1. The summed E-state index contributed by atoms with van der Waals surface area (Å²) in [6.45, 7) is 0. The molecule has 1 N–H and O–H groups in total. The van der Waals surface area contributed by atoms with Gasteiger partial charge in [0, 0.05) is 34.6 Å². The molecule has 0 aliphatic carbocycles. The van der Waals surface area contributed by atoms with Crippen LogP contribution in [0.5, 0.6) is 5.75 Å². The quantitative estimate of drug-likeness (QED) is 0.203. The molecule has 2 aromatic carbocycles. The van der Waals surface area contributed by atoms with Crippen LogP contribution in [0.1, 0.15) is 15.9 Å². The average Bonchev–Trinajstić information content (AvgIpc) is 2.78. The lowest BCUT2D eigenvalue weighted by Gasteiger charge is -2.10. The number of hydrogen-bond donors (Lipinski definition) is 1. The fraction of sp³-hybridized carbons (Fsp3) is 0.0870. The number of pyridine rings is 1. The van der Waals surface area contributed by atoms with Crippen LogP contribution in [0.3, 0.4) is 0 Å². The molecule has 0 aliphatic heterocycles. The zero-order valence-corrected chi connectivity index (χ0v) is 16.9. The largest absolute Gasteiger partial charge is 0.497 e. The Bertz CT molecular complexity index is 1030. The van der Waals surface area contributed by atoms with Crippen LogP contribution in [0.4, 0.5) is 5.69 Å². The van der Waals surface area contributed by atoms with Crippen molar-refractivity contribution in [1.29, 1.82) is 0 Å². The van der Waals surface area contributed by atoms with Gasteiger partial charge < -0.3 is 10.1 Å². The van der Waals surface area contributed by atoms with E-state index in [1.165, 1.54) is 6.20 Å². The number of thioether (sulfide) groups is 1. The van der Waals surface area contributed by atoms with Gasteiger partial charge in [0.15, 0.2) is 5.78 Å². The number of hydrogen-bond acceptors (Lipinski definition) is 5. The Morgan fingerprint density at radius 1 is 1.07 bits per heavy atom. The van der Waals surface area contributed by atoms with E-state index >= 15 is 0 Å². The van der Waals surface area contributed by atoms with Gasteiger partial charge in [-0.15, -0.1) is 11.8 Å². The van der Waals surface area contributed by atoms with Gasteiger partial charge in [-0.1, -0.05) is 18.2 Å². The summed E-state index contributed by atoms with van der Waals surface area (Å²) >= 11 is 1.62. The minimum Gasteiger partial charge on any atom is -0.497 e. The van der Waals surface area contributed by atoms with Crippen LogP contribution in [-0.4, -0.2) is 30.0 Å². The van der Waals surface area contributed by atoms with Crippen LogP contribution < -0.4 is 10.1 Å². The van der Waals surface area contributed by atoms with E-state index in [1.807, 2.05) is 30.5 Å². The molecule has 29 heavy (non-hydrogen) atoms. The molecule has 0 unspecified atom stereocenters. The molecule has 0 saturated carbocycles. The molecular weight excluding hydrogens is 384 g/mol. The van der Waals surface area contributed by atoms with Gasteiger partial charge >= 0.3 is 0 Å². The Labute approximate surface area is 173 Å². The molecule has 6 heteroatoms. The first-order chi connectivity index (χ1) is 14.1. The SMILES string of the molecule is COc1cccc(NC(=O)/C(=C/c2ccc(SC)cc2)C(=O)c2cccnc2)c1. The van der Waals surface area contributed by atoms with E-state index in [1.54, 1.807) is 67.5 Å². The molecular formula is C23H20N2O3S. The maximum absolute atomic E-state index is 13.0. The second-order valence-electron chi connectivity index (χ2n) is 6.09. The molecule has 0 saturated heterocycles. The first-order valence-corrected chi connectivity index (χ1v) is 10.1. The number of benzene rings is 2. The number of rotatable bonds is 7. The van der Waals surface area contributed by atoms with Crippen LogP contribution >= 0.6 is 11.8 Å². The molecule has 146 valence electrons. The summed E-state index contributed by atoms with van der Waals surface area (Å²) in [7, 11) is 1.55. The number of carbonyl (C=O) groups is 2. The van der Waals surface area contributed by atoms with E-state index in [-0.39, 0.29) is 5.57 Å². The number of ketones is 1.